The zero-order chi connectivity index (χ0) is 22.5. The maximum absolute atomic E-state index is 6.43. The molecule has 0 bridgehead atoms. The third kappa shape index (κ3) is 7.80. The molecule has 2 aliphatic rings. The van der Waals surface area contributed by atoms with Crippen LogP contribution in [0.25, 0.3) is 0 Å². The topological polar surface area (TPSA) is 6.48 Å². The molecule has 2 aromatic rings. The van der Waals surface area contributed by atoms with Gasteiger partial charge in [-0.2, -0.15) is 0 Å². The van der Waals surface area contributed by atoms with Crippen molar-refractivity contribution in [3.63, 3.8) is 0 Å². The summed E-state index contributed by atoms with van der Waals surface area (Å²) >= 11 is 25.3. The Labute approximate surface area is 237 Å². The number of benzene rings is 2. The molecular weight excluding hydrogens is 553 g/mol. The van der Waals surface area contributed by atoms with E-state index in [1.807, 2.05) is 12.1 Å². The van der Waals surface area contributed by atoms with Gasteiger partial charge >= 0.3 is 0 Å². The monoisotopic (exact) mass is 584 g/mol. The van der Waals surface area contributed by atoms with E-state index >= 15 is 0 Å². The lowest BCUT2D eigenvalue weighted by Crippen LogP contribution is -2.31. The van der Waals surface area contributed by atoms with Gasteiger partial charge in [-0.25, -0.2) is 0 Å². The van der Waals surface area contributed by atoms with Crippen molar-refractivity contribution in [3.8, 4) is 0 Å². The largest absolute Gasteiger partial charge is 0.299 e. The number of hydrogen-bond donors (Lipinski definition) is 0. The van der Waals surface area contributed by atoms with Gasteiger partial charge in [-0.1, -0.05) is 84.2 Å². The molecule has 0 radical (unpaired) electrons. The molecule has 0 fully saturated rings. The highest BCUT2D eigenvalue weighted by Crippen LogP contribution is 2.33. The van der Waals surface area contributed by atoms with Crippen LogP contribution in [-0.4, -0.2) is 36.0 Å². The quantitative estimate of drug-likeness (QED) is 0.271. The Bertz CT molecular complexity index is 860. The van der Waals surface area contributed by atoms with Gasteiger partial charge in [0.1, 0.15) is 0 Å². The van der Waals surface area contributed by atoms with E-state index in [0.717, 1.165) is 62.2 Å². The van der Waals surface area contributed by atoms with Crippen LogP contribution in [0.1, 0.15) is 60.8 Å². The van der Waals surface area contributed by atoms with E-state index in [9.17, 15) is 0 Å². The Balaban J connectivity index is 0.00000204. The van der Waals surface area contributed by atoms with Crippen molar-refractivity contribution in [2.24, 2.45) is 0 Å². The Hall–Kier alpha value is 0.1000. The first kappa shape index (κ1) is 30.3. The molecule has 190 valence electrons. The molecule has 0 aromatic heterocycles. The van der Waals surface area contributed by atoms with Crippen LogP contribution < -0.4 is 0 Å². The lowest BCUT2D eigenvalue weighted by Gasteiger charge is -2.30. The van der Waals surface area contributed by atoms with Gasteiger partial charge in [0, 0.05) is 26.2 Å². The van der Waals surface area contributed by atoms with E-state index in [2.05, 4.69) is 21.9 Å². The molecule has 8 heteroatoms. The Morgan fingerprint density at radius 3 is 1.35 bits per heavy atom. The second-order valence-electron chi connectivity index (χ2n) is 9.17. The number of unbranched alkanes of at least 4 members (excludes halogenated alkanes) is 5. The lowest BCUT2D eigenvalue weighted by molar-refractivity contribution is 0.244. The van der Waals surface area contributed by atoms with Gasteiger partial charge in [0.15, 0.2) is 0 Å². The number of fused-ring (bicyclic) bond motifs is 2. The van der Waals surface area contributed by atoms with Crippen LogP contribution in [0.3, 0.4) is 0 Å². The maximum Gasteiger partial charge on any atom is 0.0640 e. The van der Waals surface area contributed by atoms with E-state index in [4.69, 9.17) is 46.4 Å². The SMILES string of the molecule is Cl.Cl.Clc1ccc2c(c1Cl)CN(CCCCCCCCN1CCc3ccc(Cl)c(Cl)c3C1)CC2. The van der Waals surface area contributed by atoms with Crippen LogP contribution in [0.5, 0.6) is 0 Å². The highest BCUT2D eigenvalue weighted by molar-refractivity contribution is 6.43. The fourth-order valence-electron chi connectivity index (χ4n) is 5.00. The second-order valence-corrected chi connectivity index (χ2v) is 10.7. The fourth-order valence-corrected chi connectivity index (χ4v) is 5.84. The van der Waals surface area contributed by atoms with Gasteiger partial charge < -0.3 is 0 Å². The predicted molar refractivity (Wildman–Crippen MR) is 153 cm³/mol. The molecule has 0 amide bonds. The van der Waals surface area contributed by atoms with Crippen molar-refractivity contribution < 1.29 is 0 Å². The summed E-state index contributed by atoms with van der Waals surface area (Å²) in [5.74, 6) is 0. The highest BCUT2D eigenvalue weighted by Gasteiger charge is 2.20. The zero-order valence-corrected chi connectivity index (χ0v) is 24.1. The number of hydrogen-bond acceptors (Lipinski definition) is 2. The first-order chi connectivity index (χ1) is 15.5. The van der Waals surface area contributed by atoms with Crippen molar-refractivity contribution in [2.45, 2.75) is 64.5 Å². The summed E-state index contributed by atoms with van der Waals surface area (Å²) < 4.78 is 0. The molecule has 4 rings (SSSR count). The predicted octanol–water partition coefficient (Wildman–Crippen LogP) is 8.90. The maximum atomic E-state index is 6.43. The second kappa shape index (κ2) is 14.7. The molecule has 0 atom stereocenters. The van der Waals surface area contributed by atoms with E-state index in [0.29, 0.717) is 10.0 Å². The van der Waals surface area contributed by atoms with Gasteiger partial charge in [-0.05, 0) is 73.2 Å². The van der Waals surface area contributed by atoms with Gasteiger partial charge in [-0.15, -0.1) is 24.8 Å². The van der Waals surface area contributed by atoms with Crippen LogP contribution in [0.4, 0.5) is 0 Å². The number of halogens is 6. The van der Waals surface area contributed by atoms with Crippen LogP contribution >= 0.6 is 71.2 Å². The van der Waals surface area contributed by atoms with E-state index < -0.39 is 0 Å². The molecule has 34 heavy (non-hydrogen) atoms. The van der Waals surface area contributed by atoms with Crippen molar-refractivity contribution in [3.05, 3.63) is 66.6 Å². The van der Waals surface area contributed by atoms with Gasteiger partial charge in [-0.3, -0.25) is 9.80 Å². The van der Waals surface area contributed by atoms with Crippen molar-refractivity contribution >= 4 is 71.2 Å². The van der Waals surface area contributed by atoms with Crippen LogP contribution in [0, 0.1) is 0 Å². The van der Waals surface area contributed by atoms with Crippen molar-refractivity contribution in [1.29, 1.82) is 0 Å². The van der Waals surface area contributed by atoms with E-state index in [1.54, 1.807) is 0 Å². The van der Waals surface area contributed by atoms with Gasteiger partial charge in [0.2, 0.25) is 0 Å². The smallest absolute Gasteiger partial charge is 0.0640 e. The third-order valence-electron chi connectivity index (χ3n) is 6.94. The Morgan fingerprint density at radius 2 is 0.941 bits per heavy atom. The van der Waals surface area contributed by atoms with Crippen molar-refractivity contribution in [2.75, 3.05) is 26.2 Å². The number of rotatable bonds is 9. The zero-order valence-electron chi connectivity index (χ0n) is 19.4. The van der Waals surface area contributed by atoms with Gasteiger partial charge in [0.25, 0.3) is 0 Å². The molecule has 2 aromatic carbocycles. The minimum atomic E-state index is 0. The summed E-state index contributed by atoms with van der Waals surface area (Å²) in [7, 11) is 0. The lowest BCUT2D eigenvalue weighted by atomic mass is 9.99. The molecule has 0 N–H and O–H groups in total. The Morgan fingerprint density at radius 1 is 0.559 bits per heavy atom. The fraction of sp³-hybridized carbons (Fsp3) is 0.538. The molecule has 0 saturated carbocycles. The third-order valence-corrected chi connectivity index (χ3v) is 8.63. The average molecular weight is 587 g/mol. The molecule has 0 spiro atoms. The van der Waals surface area contributed by atoms with E-state index in [-0.39, 0.29) is 24.8 Å². The molecule has 0 unspecified atom stereocenters. The summed E-state index contributed by atoms with van der Waals surface area (Å²) in [6, 6.07) is 8.11. The summed E-state index contributed by atoms with van der Waals surface area (Å²) in [5, 5.41) is 2.84. The molecule has 2 heterocycles. The minimum Gasteiger partial charge on any atom is -0.299 e. The summed E-state index contributed by atoms with van der Waals surface area (Å²) in [4.78, 5) is 5.05. The summed E-state index contributed by atoms with van der Waals surface area (Å²) in [5.41, 5.74) is 5.18. The number of nitrogens with zero attached hydrogens (tertiary/aromatic N) is 2. The summed E-state index contributed by atoms with van der Waals surface area (Å²) in [6.07, 6.45) is 9.92. The minimum absolute atomic E-state index is 0. The molecule has 2 nitrogen and oxygen atoms in total. The highest BCUT2D eigenvalue weighted by atomic mass is 35.5. The molecule has 0 saturated heterocycles. The van der Waals surface area contributed by atoms with Crippen LogP contribution in [0.2, 0.25) is 20.1 Å². The average Bonchev–Trinajstić information content (AvgIpc) is 2.81. The van der Waals surface area contributed by atoms with Crippen molar-refractivity contribution in [1.82, 2.24) is 9.80 Å². The Kier molecular flexibility index (Phi) is 13.1. The van der Waals surface area contributed by atoms with E-state index in [1.165, 1.54) is 60.8 Å². The first-order valence-electron chi connectivity index (χ1n) is 11.9. The first-order valence-corrected chi connectivity index (χ1v) is 13.4. The van der Waals surface area contributed by atoms with Gasteiger partial charge in [0.05, 0.1) is 20.1 Å². The summed E-state index contributed by atoms with van der Waals surface area (Å²) in [6.45, 7) is 6.42. The standard InChI is InChI=1S/C26H32Cl4N2.2ClH/c27-23-9-7-19-11-15-31(17-21(19)25(23)29)13-5-3-1-2-4-6-14-32-16-12-20-8-10-24(28)26(30)22(20)18-32;;/h7-10H,1-6,11-18H2;2*1H. The molecule has 0 aliphatic carbocycles. The molecule has 2 aliphatic heterocycles. The normalized spacial score (nSPS) is 15.8. The van der Waals surface area contributed by atoms with Crippen LogP contribution in [0.15, 0.2) is 24.3 Å². The molecular formula is C26H34Cl6N2. The van der Waals surface area contributed by atoms with Crippen LogP contribution in [-0.2, 0) is 25.9 Å².